The first-order valence-corrected chi connectivity index (χ1v) is 11.8. The summed E-state index contributed by atoms with van der Waals surface area (Å²) in [7, 11) is 0. The molecule has 2 aromatic carbocycles. The van der Waals surface area contributed by atoms with Crippen LogP contribution in [-0.4, -0.2) is 26.4 Å². The number of amides is 1. The third kappa shape index (κ3) is 5.91. The first-order valence-electron chi connectivity index (χ1n) is 10.9. The minimum absolute atomic E-state index is 0.0198. The summed E-state index contributed by atoms with van der Waals surface area (Å²) in [5.74, 6) is -3.41. The number of hydrogen-bond donors (Lipinski definition) is 1. The molecule has 1 aromatic heterocycles. The number of nitrogens with zero attached hydrogens (tertiary/aromatic N) is 3. The van der Waals surface area contributed by atoms with Crippen LogP contribution >= 0.6 is 11.8 Å². The lowest BCUT2D eigenvalue weighted by Crippen LogP contribution is -2.17. The molecule has 1 amide bonds. The highest BCUT2D eigenvalue weighted by atomic mass is 32.2. The Bertz CT molecular complexity index is 1150. The summed E-state index contributed by atoms with van der Waals surface area (Å²) < 4.78 is 48.2. The van der Waals surface area contributed by atoms with Crippen LogP contribution in [-0.2, 0) is 4.79 Å². The van der Waals surface area contributed by atoms with Gasteiger partial charge >= 0.3 is 0 Å². The number of halogens is 3. The van der Waals surface area contributed by atoms with Crippen molar-refractivity contribution in [2.75, 3.05) is 11.1 Å². The minimum atomic E-state index is -1.64. The Morgan fingerprint density at radius 1 is 1.00 bits per heavy atom. The van der Waals surface area contributed by atoms with Gasteiger partial charge in [-0.3, -0.25) is 4.79 Å². The molecule has 0 saturated heterocycles. The number of anilines is 1. The first-order chi connectivity index (χ1) is 16.1. The van der Waals surface area contributed by atoms with Gasteiger partial charge in [0.2, 0.25) is 5.91 Å². The molecule has 34 heavy (non-hydrogen) atoms. The van der Waals surface area contributed by atoms with E-state index < -0.39 is 35.2 Å². The molecule has 6 nitrogen and oxygen atoms in total. The molecule has 0 radical (unpaired) electrons. The Morgan fingerprint density at radius 2 is 1.68 bits per heavy atom. The fourth-order valence-electron chi connectivity index (χ4n) is 3.28. The number of hydrogen-bond acceptors (Lipinski definition) is 5. The molecule has 3 aromatic rings. The second-order valence-electron chi connectivity index (χ2n) is 8.35. The van der Waals surface area contributed by atoms with Gasteiger partial charge in [-0.25, -0.2) is 13.2 Å². The highest BCUT2D eigenvalue weighted by Crippen LogP contribution is 2.29. The molecule has 0 aliphatic rings. The van der Waals surface area contributed by atoms with E-state index in [1.54, 1.807) is 0 Å². The zero-order chi connectivity index (χ0) is 25.0. The highest BCUT2D eigenvalue weighted by Gasteiger charge is 2.23. The molecule has 10 heteroatoms. The number of carbonyl (C=O) groups excluding carboxylic acids is 1. The van der Waals surface area contributed by atoms with Gasteiger partial charge in [-0.2, -0.15) is 0 Å². The first kappa shape index (κ1) is 25.6. The summed E-state index contributed by atoms with van der Waals surface area (Å²) in [6.07, 6.45) is -0.403. The lowest BCUT2D eigenvalue weighted by Gasteiger charge is -2.19. The average Bonchev–Trinajstić information content (AvgIpc) is 3.23. The molecule has 1 atom stereocenters. The predicted molar refractivity (Wildman–Crippen MR) is 126 cm³/mol. The van der Waals surface area contributed by atoms with Crippen LogP contribution in [0.15, 0.2) is 41.6 Å². The van der Waals surface area contributed by atoms with Crippen molar-refractivity contribution in [2.24, 2.45) is 0 Å². The monoisotopic (exact) mass is 492 g/mol. The number of aromatic nitrogens is 3. The number of rotatable bonds is 9. The standard InChI is InChI=1S/C24H27F3N4O2S/c1-13(2)16-6-8-17(9-7-16)33-15(5)23-29-30-24(31(23)14(3)4)34-12-20(32)28-19-11-10-18(25)21(26)22(19)27/h6-11,13-15H,12H2,1-5H3,(H,28,32). The van der Waals surface area contributed by atoms with E-state index in [-0.39, 0.29) is 11.8 Å². The largest absolute Gasteiger partial charge is 0.483 e. The molecular weight excluding hydrogens is 465 g/mol. The third-order valence-corrected chi connectivity index (χ3v) is 6.02. The summed E-state index contributed by atoms with van der Waals surface area (Å²) in [6, 6.07) is 9.58. The quantitative estimate of drug-likeness (QED) is 0.282. The van der Waals surface area contributed by atoms with Crippen molar-refractivity contribution in [3.05, 3.63) is 65.2 Å². The van der Waals surface area contributed by atoms with Gasteiger partial charge < -0.3 is 14.6 Å². The van der Waals surface area contributed by atoms with Crippen molar-refractivity contribution in [3.8, 4) is 5.75 Å². The molecule has 0 saturated carbocycles. The molecule has 1 heterocycles. The summed E-state index contributed by atoms with van der Waals surface area (Å²) >= 11 is 1.10. The van der Waals surface area contributed by atoms with E-state index in [0.717, 1.165) is 23.9 Å². The molecule has 1 N–H and O–H groups in total. The van der Waals surface area contributed by atoms with Gasteiger partial charge in [-0.1, -0.05) is 37.7 Å². The maximum absolute atomic E-state index is 13.8. The maximum atomic E-state index is 13.8. The van der Waals surface area contributed by atoms with Crippen LogP contribution in [0, 0.1) is 17.5 Å². The Kier molecular flexibility index (Phi) is 8.24. The van der Waals surface area contributed by atoms with Crippen molar-refractivity contribution in [1.82, 2.24) is 14.8 Å². The molecule has 0 aliphatic carbocycles. The molecule has 0 bridgehead atoms. The van der Waals surface area contributed by atoms with Gasteiger partial charge in [0.05, 0.1) is 11.4 Å². The average molecular weight is 493 g/mol. The van der Waals surface area contributed by atoms with Gasteiger partial charge in [0.1, 0.15) is 5.75 Å². The van der Waals surface area contributed by atoms with Crippen molar-refractivity contribution in [3.63, 3.8) is 0 Å². The van der Waals surface area contributed by atoms with Gasteiger partial charge in [0.25, 0.3) is 0 Å². The number of carbonyl (C=O) groups is 1. The summed E-state index contributed by atoms with van der Waals surface area (Å²) in [5.41, 5.74) is 0.784. The Hall–Kier alpha value is -3.01. The SMILES string of the molecule is CC(C)c1ccc(OC(C)c2nnc(SCC(=O)Nc3ccc(F)c(F)c3F)n2C(C)C)cc1. The van der Waals surface area contributed by atoms with Gasteiger partial charge in [-0.05, 0) is 56.5 Å². The molecule has 0 fully saturated rings. The zero-order valence-corrected chi connectivity index (χ0v) is 20.4. The van der Waals surface area contributed by atoms with Gasteiger partial charge in [0, 0.05) is 6.04 Å². The van der Waals surface area contributed by atoms with Crippen LogP contribution in [0.2, 0.25) is 0 Å². The lowest BCUT2D eigenvalue weighted by atomic mass is 10.0. The number of ether oxygens (including phenoxy) is 1. The predicted octanol–water partition coefficient (Wildman–Crippen LogP) is 6.27. The van der Waals surface area contributed by atoms with Crippen molar-refractivity contribution >= 4 is 23.4 Å². The third-order valence-electron chi connectivity index (χ3n) is 5.07. The van der Waals surface area contributed by atoms with Crippen LogP contribution in [0.5, 0.6) is 5.75 Å². The van der Waals surface area contributed by atoms with Crippen LogP contribution in [0.3, 0.4) is 0 Å². The van der Waals surface area contributed by atoms with E-state index >= 15 is 0 Å². The molecule has 182 valence electrons. The van der Waals surface area contributed by atoms with Gasteiger partial charge in [0.15, 0.2) is 34.5 Å². The fourth-order valence-corrected chi connectivity index (χ4v) is 4.15. The summed E-state index contributed by atoms with van der Waals surface area (Å²) in [4.78, 5) is 12.3. The smallest absolute Gasteiger partial charge is 0.234 e. The van der Waals surface area contributed by atoms with E-state index in [2.05, 4.69) is 29.4 Å². The van der Waals surface area contributed by atoms with E-state index in [9.17, 15) is 18.0 Å². The second-order valence-corrected chi connectivity index (χ2v) is 9.29. The summed E-state index contributed by atoms with van der Waals surface area (Å²) in [5, 5.41) is 11.2. The van der Waals surface area contributed by atoms with Crippen LogP contribution in [0.4, 0.5) is 18.9 Å². The normalized spacial score (nSPS) is 12.3. The number of nitrogens with one attached hydrogen (secondary N) is 1. The number of thioether (sulfide) groups is 1. The van der Waals surface area contributed by atoms with Crippen molar-refractivity contribution in [1.29, 1.82) is 0 Å². The lowest BCUT2D eigenvalue weighted by molar-refractivity contribution is -0.113. The molecular formula is C24H27F3N4O2S. The fraction of sp³-hybridized carbons (Fsp3) is 0.375. The highest BCUT2D eigenvalue weighted by molar-refractivity contribution is 7.99. The minimum Gasteiger partial charge on any atom is -0.483 e. The van der Waals surface area contributed by atoms with Crippen LogP contribution in [0.25, 0.3) is 0 Å². The van der Waals surface area contributed by atoms with Crippen LogP contribution < -0.4 is 10.1 Å². The number of benzene rings is 2. The Balaban J connectivity index is 1.68. The van der Waals surface area contributed by atoms with Gasteiger partial charge in [-0.15, -0.1) is 10.2 Å². The van der Waals surface area contributed by atoms with Crippen molar-refractivity contribution < 1.29 is 22.7 Å². The van der Waals surface area contributed by atoms with Crippen molar-refractivity contribution in [2.45, 2.75) is 57.8 Å². The van der Waals surface area contributed by atoms with E-state index in [0.29, 0.717) is 22.6 Å². The maximum Gasteiger partial charge on any atom is 0.234 e. The van der Waals surface area contributed by atoms with E-state index in [1.165, 1.54) is 5.56 Å². The molecule has 0 spiro atoms. The van der Waals surface area contributed by atoms with E-state index in [1.807, 2.05) is 49.6 Å². The topological polar surface area (TPSA) is 69.0 Å². The van der Waals surface area contributed by atoms with E-state index in [4.69, 9.17) is 4.74 Å². The zero-order valence-electron chi connectivity index (χ0n) is 19.6. The second kappa shape index (κ2) is 10.9. The molecule has 0 aliphatic heterocycles. The molecule has 1 unspecified atom stereocenters. The molecule has 3 rings (SSSR count). The summed E-state index contributed by atoms with van der Waals surface area (Å²) in [6.45, 7) is 10.0. The Labute approximate surface area is 200 Å². The van der Waals surface area contributed by atoms with Crippen LogP contribution in [0.1, 0.15) is 64.1 Å². The Morgan fingerprint density at radius 3 is 2.29 bits per heavy atom.